The number of aromatic nitrogens is 4. The van der Waals surface area contributed by atoms with E-state index in [0.29, 0.717) is 0 Å². The summed E-state index contributed by atoms with van der Waals surface area (Å²) in [6, 6.07) is 0. The fraction of sp³-hybridized carbons (Fsp3) is 0.545. The lowest BCUT2D eigenvalue weighted by Crippen LogP contribution is -2.52. The van der Waals surface area contributed by atoms with Crippen LogP contribution in [0.15, 0.2) is 11.1 Å². The summed E-state index contributed by atoms with van der Waals surface area (Å²) in [4.78, 5) is 21.6. The average Bonchev–Trinajstić information content (AvgIpc) is 2.93. The molecule has 2 aromatic rings. The van der Waals surface area contributed by atoms with E-state index in [1.54, 1.807) is 0 Å². The topological polar surface area (TPSA) is 160 Å². The second-order valence-electron chi connectivity index (χ2n) is 5.18. The normalized spacial score (nSPS) is 35.3. The van der Waals surface area contributed by atoms with Crippen molar-refractivity contribution < 1.29 is 24.4 Å². The number of alkyl halides is 1. The van der Waals surface area contributed by atoms with Crippen molar-refractivity contribution in [2.24, 2.45) is 0 Å². The Balaban J connectivity index is 2.24. The number of nitrogens with two attached hydrogens (primary N) is 1. The maximum atomic E-state index is 14.7. The molecule has 3 heterocycles. The lowest BCUT2D eigenvalue weighted by molar-refractivity contribution is -0.249. The SMILES string of the molecule is C[C@@]1(n2cnc3c(=O)[nH]c(N)nc32)O[C@H](CO)[C@@H](O)[C@]1(O)F. The number of anilines is 1. The molecule has 1 saturated heterocycles. The van der Waals surface area contributed by atoms with Crippen LogP contribution < -0.4 is 11.3 Å². The Morgan fingerprint density at radius 1 is 1.64 bits per heavy atom. The number of nitrogens with zero attached hydrogens (tertiary/aromatic N) is 3. The maximum absolute atomic E-state index is 14.7. The van der Waals surface area contributed by atoms with Crippen LogP contribution in [0.2, 0.25) is 0 Å². The lowest BCUT2D eigenvalue weighted by Gasteiger charge is -2.33. The van der Waals surface area contributed by atoms with Gasteiger partial charge in [-0.15, -0.1) is 0 Å². The van der Waals surface area contributed by atoms with E-state index in [1.165, 1.54) is 0 Å². The predicted molar refractivity (Wildman–Crippen MR) is 70.2 cm³/mol. The van der Waals surface area contributed by atoms with Gasteiger partial charge in [-0.1, -0.05) is 0 Å². The standard InChI is InChI=1S/C11H14FN5O5/c1-10(11(12,21)6(19)4(2-18)22-10)17-3-14-5-7(17)15-9(13)16-8(5)20/h3-4,6,18-19,21H,2H2,1H3,(H3,13,15,16,20)/t4-,6-,10-,11-/m1/s1. The highest BCUT2D eigenvalue weighted by molar-refractivity contribution is 5.70. The molecule has 3 rings (SSSR count). The average molecular weight is 315 g/mol. The van der Waals surface area contributed by atoms with E-state index in [4.69, 9.17) is 15.6 Å². The zero-order valence-electron chi connectivity index (χ0n) is 11.4. The van der Waals surface area contributed by atoms with Gasteiger partial charge in [0.1, 0.15) is 12.2 Å². The van der Waals surface area contributed by atoms with Crippen LogP contribution in [0, 0.1) is 0 Å². The van der Waals surface area contributed by atoms with Crippen LogP contribution in [0.4, 0.5) is 10.3 Å². The summed E-state index contributed by atoms with van der Waals surface area (Å²) in [5.74, 6) is -3.49. The Morgan fingerprint density at radius 2 is 2.32 bits per heavy atom. The van der Waals surface area contributed by atoms with E-state index in [9.17, 15) is 19.4 Å². The fourth-order valence-electron chi connectivity index (χ4n) is 2.56. The molecule has 0 bridgehead atoms. The second-order valence-corrected chi connectivity index (χ2v) is 5.18. The molecule has 4 atom stereocenters. The summed E-state index contributed by atoms with van der Waals surface area (Å²) in [5, 5.41) is 28.9. The number of nitrogens with one attached hydrogen (secondary N) is 1. The summed E-state index contributed by atoms with van der Waals surface area (Å²) in [5.41, 5.74) is 2.36. The Labute approximate surface area is 122 Å². The van der Waals surface area contributed by atoms with Gasteiger partial charge in [0.15, 0.2) is 11.2 Å². The lowest BCUT2D eigenvalue weighted by atomic mass is 10.0. The van der Waals surface area contributed by atoms with Gasteiger partial charge >= 0.3 is 0 Å². The van der Waals surface area contributed by atoms with Gasteiger partial charge in [0, 0.05) is 0 Å². The molecular weight excluding hydrogens is 301 g/mol. The number of hydrogen-bond donors (Lipinski definition) is 5. The van der Waals surface area contributed by atoms with Crippen molar-refractivity contribution in [3.05, 3.63) is 16.7 Å². The molecule has 0 aromatic carbocycles. The molecule has 0 spiro atoms. The van der Waals surface area contributed by atoms with Gasteiger partial charge in [-0.3, -0.25) is 14.3 Å². The highest BCUT2D eigenvalue weighted by Crippen LogP contribution is 2.45. The predicted octanol–water partition coefficient (Wildman–Crippen LogP) is -2.22. The van der Waals surface area contributed by atoms with Gasteiger partial charge in [0.25, 0.3) is 11.4 Å². The summed E-state index contributed by atoms with van der Waals surface area (Å²) >= 11 is 0. The van der Waals surface area contributed by atoms with E-state index < -0.39 is 36.0 Å². The molecule has 0 saturated carbocycles. The van der Waals surface area contributed by atoms with Crippen molar-refractivity contribution in [3.8, 4) is 0 Å². The summed E-state index contributed by atoms with van der Waals surface area (Å²) in [6.45, 7) is 0.415. The van der Waals surface area contributed by atoms with E-state index >= 15 is 0 Å². The third kappa shape index (κ3) is 1.70. The number of rotatable bonds is 2. The first kappa shape index (κ1) is 14.8. The molecular formula is C11H14FN5O5. The van der Waals surface area contributed by atoms with Gasteiger partial charge in [-0.05, 0) is 6.92 Å². The third-order valence-corrected chi connectivity index (χ3v) is 3.84. The van der Waals surface area contributed by atoms with E-state index in [2.05, 4.69) is 15.0 Å². The van der Waals surface area contributed by atoms with Crippen molar-refractivity contribution in [1.82, 2.24) is 19.5 Å². The van der Waals surface area contributed by atoms with E-state index in [-0.39, 0.29) is 17.1 Å². The minimum absolute atomic E-state index is 0.134. The Kier molecular flexibility index (Phi) is 3.01. The molecule has 2 aromatic heterocycles. The number of halogens is 1. The molecule has 1 fully saturated rings. The maximum Gasteiger partial charge on any atom is 0.283 e. The number of aliphatic hydroxyl groups is 3. The molecule has 120 valence electrons. The first-order chi connectivity index (χ1) is 10.2. The number of H-pyrrole nitrogens is 1. The molecule has 1 aliphatic heterocycles. The second kappa shape index (κ2) is 4.46. The number of aromatic amines is 1. The Hall–Kier alpha value is -2.08. The van der Waals surface area contributed by atoms with Crippen LogP contribution in [0.3, 0.4) is 0 Å². The first-order valence-electron chi connectivity index (χ1n) is 6.33. The zero-order chi connectivity index (χ0) is 16.3. The van der Waals surface area contributed by atoms with Crippen molar-refractivity contribution >= 4 is 17.1 Å². The highest BCUT2D eigenvalue weighted by Gasteiger charge is 2.65. The van der Waals surface area contributed by atoms with Crippen molar-refractivity contribution in [3.63, 3.8) is 0 Å². The minimum Gasteiger partial charge on any atom is -0.394 e. The van der Waals surface area contributed by atoms with Crippen LogP contribution in [-0.2, 0) is 10.5 Å². The van der Waals surface area contributed by atoms with Crippen molar-refractivity contribution in [2.75, 3.05) is 12.3 Å². The number of ether oxygens (including phenoxy) is 1. The van der Waals surface area contributed by atoms with Gasteiger partial charge in [0.05, 0.1) is 12.9 Å². The molecule has 22 heavy (non-hydrogen) atoms. The summed E-state index contributed by atoms with van der Waals surface area (Å²) in [6.07, 6.45) is -2.33. The number of nitrogen functional groups attached to an aromatic ring is 1. The fourth-order valence-corrected chi connectivity index (χ4v) is 2.56. The minimum atomic E-state index is -3.26. The quantitative estimate of drug-likeness (QED) is 0.417. The van der Waals surface area contributed by atoms with Crippen molar-refractivity contribution in [2.45, 2.75) is 30.7 Å². The number of fused-ring (bicyclic) bond motifs is 1. The Morgan fingerprint density at radius 3 is 2.91 bits per heavy atom. The Bertz CT molecular complexity index is 789. The first-order valence-corrected chi connectivity index (χ1v) is 6.33. The third-order valence-electron chi connectivity index (χ3n) is 3.84. The summed E-state index contributed by atoms with van der Waals surface area (Å²) in [7, 11) is 0. The molecule has 1 aliphatic rings. The molecule has 6 N–H and O–H groups in total. The van der Waals surface area contributed by atoms with Crippen LogP contribution in [0.1, 0.15) is 6.92 Å². The number of aliphatic hydroxyl groups excluding tert-OH is 2. The zero-order valence-corrected chi connectivity index (χ0v) is 11.4. The monoisotopic (exact) mass is 315 g/mol. The van der Waals surface area contributed by atoms with Crippen LogP contribution >= 0.6 is 0 Å². The van der Waals surface area contributed by atoms with Gasteiger partial charge in [0.2, 0.25) is 11.7 Å². The summed E-state index contributed by atoms with van der Waals surface area (Å²) < 4.78 is 20.9. The molecule has 11 heteroatoms. The van der Waals surface area contributed by atoms with E-state index in [1.807, 2.05) is 0 Å². The number of hydrogen-bond acceptors (Lipinski definition) is 8. The largest absolute Gasteiger partial charge is 0.394 e. The molecule has 0 aliphatic carbocycles. The highest BCUT2D eigenvalue weighted by atomic mass is 19.2. The van der Waals surface area contributed by atoms with Crippen LogP contribution in [0.25, 0.3) is 11.2 Å². The van der Waals surface area contributed by atoms with Crippen molar-refractivity contribution in [1.29, 1.82) is 0 Å². The van der Waals surface area contributed by atoms with Gasteiger partial charge in [-0.2, -0.15) is 4.98 Å². The molecule has 0 amide bonds. The smallest absolute Gasteiger partial charge is 0.283 e. The van der Waals surface area contributed by atoms with Gasteiger partial charge in [-0.25, -0.2) is 9.37 Å². The van der Waals surface area contributed by atoms with Gasteiger partial charge < -0.3 is 25.8 Å². The van der Waals surface area contributed by atoms with E-state index in [0.717, 1.165) is 17.8 Å². The molecule has 0 unspecified atom stereocenters. The molecule has 0 radical (unpaired) electrons. The number of imidazole rings is 1. The van der Waals surface area contributed by atoms with Crippen LogP contribution in [-0.4, -0.2) is 59.5 Å². The van der Waals surface area contributed by atoms with Crippen LogP contribution in [0.5, 0.6) is 0 Å². The molecule has 10 nitrogen and oxygen atoms in total.